The molecule has 0 unspecified atom stereocenters. The molecule has 2 aromatic carbocycles. The Balaban J connectivity index is 0.000000240. The number of Topliss-reactive ketones (excluding diaryl/α,β-unsaturated/α-hetero) is 1. The van der Waals surface area contributed by atoms with Crippen molar-refractivity contribution in [3.05, 3.63) is 95.6 Å². The first-order valence-corrected chi connectivity index (χ1v) is 15.3. The summed E-state index contributed by atoms with van der Waals surface area (Å²) >= 11 is 0. The Morgan fingerprint density at radius 2 is 1.16 bits per heavy atom. The third kappa shape index (κ3) is 9.25. The van der Waals surface area contributed by atoms with E-state index in [4.69, 9.17) is 0 Å². The lowest BCUT2D eigenvalue weighted by Crippen LogP contribution is -2.40. The van der Waals surface area contributed by atoms with Gasteiger partial charge in [-0.05, 0) is 84.7 Å². The Hall–Kier alpha value is -4.00. The van der Waals surface area contributed by atoms with Gasteiger partial charge in [0, 0.05) is 47.7 Å². The molecule has 1 N–H and O–H groups in total. The maximum atomic E-state index is 12.4. The summed E-state index contributed by atoms with van der Waals surface area (Å²) in [5.41, 5.74) is 5.47. The van der Waals surface area contributed by atoms with Gasteiger partial charge >= 0.3 is 0 Å². The maximum Gasteiger partial charge on any atom is 0.251 e. The van der Waals surface area contributed by atoms with Gasteiger partial charge in [0.1, 0.15) is 5.78 Å². The molecule has 0 aliphatic carbocycles. The van der Waals surface area contributed by atoms with Crippen LogP contribution in [-0.2, 0) is 22.0 Å². The lowest BCUT2D eigenvalue weighted by atomic mass is 9.82. The third-order valence-electron chi connectivity index (χ3n) is 7.13. The van der Waals surface area contributed by atoms with Crippen LogP contribution in [0.15, 0.2) is 73.3 Å². The molecule has 0 bridgehead atoms. The molecular formula is C37H51N5O2. The molecule has 4 aromatic rings. The Bertz CT molecular complexity index is 1550. The minimum atomic E-state index is -0.303. The number of hydrogen-bond donors (Lipinski definition) is 1. The van der Waals surface area contributed by atoms with Gasteiger partial charge in [-0.3, -0.25) is 9.59 Å². The number of amides is 1. The molecule has 0 aliphatic heterocycles. The predicted octanol–water partition coefficient (Wildman–Crippen LogP) is 8.03. The van der Waals surface area contributed by atoms with Crippen molar-refractivity contribution in [2.75, 3.05) is 0 Å². The van der Waals surface area contributed by atoms with E-state index in [-0.39, 0.29) is 33.5 Å². The lowest BCUT2D eigenvalue weighted by Gasteiger charge is -2.25. The van der Waals surface area contributed by atoms with Crippen LogP contribution in [0.3, 0.4) is 0 Å². The molecule has 0 atom stereocenters. The second-order valence-electron chi connectivity index (χ2n) is 15.5. The number of ketones is 1. The normalized spacial score (nSPS) is 12.4. The fourth-order valence-electron chi connectivity index (χ4n) is 4.66. The van der Waals surface area contributed by atoms with E-state index in [1.54, 1.807) is 12.4 Å². The van der Waals surface area contributed by atoms with Gasteiger partial charge in [0.2, 0.25) is 0 Å². The van der Waals surface area contributed by atoms with Gasteiger partial charge < -0.3 is 5.32 Å². The highest BCUT2D eigenvalue weighted by atomic mass is 16.1. The van der Waals surface area contributed by atoms with Crippen molar-refractivity contribution < 1.29 is 9.59 Å². The van der Waals surface area contributed by atoms with Crippen LogP contribution in [0.25, 0.3) is 11.4 Å². The molecule has 7 nitrogen and oxygen atoms in total. The van der Waals surface area contributed by atoms with Crippen molar-refractivity contribution in [1.29, 1.82) is 0 Å². The molecule has 2 heterocycles. The highest BCUT2D eigenvalue weighted by molar-refractivity contribution is 5.95. The minimum absolute atomic E-state index is 0.0118. The highest BCUT2D eigenvalue weighted by Gasteiger charge is 2.25. The first-order valence-electron chi connectivity index (χ1n) is 15.3. The second-order valence-corrected chi connectivity index (χ2v) is 15.5. The Labute approximate surface area is 264 Å². The van der Waals surface area contributed by atoms with E-state index in [1.165, 1.54) is 5.56 Å². The smallest absolute Gasteiger partial charge is 0.251 e. The number of nitrogens with zero attached hydrogens (tertiary/aromatic N) is 4. The van der Waals surface area contributed by atoms with E-state index in [0.717, 1.165) is 22.5 Å². The van der Waals surface area contributed by atoms with Gasteiger partial charge in [-0.2, -0.15) is 10.2 Å². The number of hydrogen-bond acceptors (Lipinski definition) is 4. The average Bonchev–Trinajstić information content (AvgIpc) is 3.61. The molecule has 0 radical (unpaired) electrons. The van der Waals surface area contributed by atoms with E-state index < -0.39 is 0 Å². The van der Waals surface area contributed by atoms with Gasteiger partial charge in [-0.15, -0.1) is 0 Å². The van der Waals surface area contributed by atoms with Gasteiger partial charge in [-0.1, -0.05) is 74.4 Å². The summed E-state index contributed by atoms with van der Waals surface area (Å²) in [5.74, 6) is 0.212. The molecule has 7 heteroatoms. The van der Waals surface area contributed by atoms with Crippen LogP contribution in [-0.4, -0.2) is 36.8 Å². The number of rotatable bonds is 5. The highest BCUT2D eigenvalue weighted by Crippen LogP contribution is 2.31. The summed E-state index contributed by atoms with van der Waals surface area (Å²) in [7, 11) is 0. The molecule has 2 aromatic heterocycles. The summed E-state index contributed by atoms with van der Waals surface area (Å²) < 4.78 is 3.72. The van der Waals surface area contributed by atoms with Crippen molar-refractivity contribution >= 4 is 11.7 Å². The van der Waals surface area contributed by atoms with Crippen LogP contribution in [0.2, 0.25) is 0 Å². The van der Waals surface area contributed by atoms with Crippen molar-refractivity contribution in [2.45, 2.75) is 106 Å². The zero-order chi connectivity index (χ0) is 33.1. The van der Waals surface area contributed by atoms with E-state index >= 15 is 0 Å². The standard InChI is InChI=1S/C19H26N2O.C18H25N3O/c1-18(2,3)15-12-14(13-17(22)19(4,5)6)8-9-16(15)21-11-7-10-20-21;1-17(2,3)14-12-13(16(22)20-18(4,5)6)8-9-15(14)21-11-7-10-19-21/h7-12H,13H2,1-6H3;7-12H,1-6H3,(H,20,22). The number of benzene rings is 2. The van der Waals surface area contributed by atoms with Crippen molar-refractivity contribution in [1.82, 2.24) is 24.9 Å². The number of nitrogens with one attached hydrogen (secondary N) is 1. The number of aromatic nitrogens is 4. The summed E-state index contributed by atoms with van der Waals surface area (Å²) in [6.45, 7) is 24.8. The molecule has 1 amide bonds. The molecule has 0 fully saturated rings. The molecule has 44 heavy (non-hydrogen) atoms. The lowest BCUT2D eigenvalue weighted by molar-refractivity contribution is -0.125. The molecule has 0 saturated carbocycles. The van der Waals surface area contributed by atoms with Gasteiger partial charge in [-0.25, -0.2) is 9.36 Å². The first-order chi connectivity index (χ1) is 20.2. The zero-order valence-electron chi connectivity index (χ0n) is 28.7. The first kappa shape index (κ1) is 34.5. The summed E-state index contributed by atoms with van der Waals surface area (Å²) in [6.07, 6.45) is 7.88. The average molecular weight is 598 g/mol. The van der Waals surface area contributed by atoms with E-state index in [9.17, 15) is 9.59 Å². The Morgan fingerprint density at radius 1 is 0.682 bits per heavy atom. The number of carbonyl (C=O) groups excluding carboxylic acids is 2. The minimum Gasteiger partial charge on any atom is -0.347 e. The van der Waals surface area contributed by atoms with Crippen molar-refractivity contribution in [3.63, 3.8) is 0 Å². The zero-order valence-corrected chi connectivity index (χ0v) is 28.7. The molecular weight excluding hydrogens is 546 g/mol. The number of carbonyl (C=O) groups is 2. The quantitative estimate of drug-likeness (QED) is 0.253. The van der Waals surface area contributed by atoms with Crippen LogP contribution in [0.4, 0.5) is 0 Å². The van der Waals surface area contributed by atoms with Crippen molar-refractivity contribution in [3.8, 4) is 11.4 Å². The molecule has 4 rings (SSSR count). The monoisotopic (exact) mass is 597 g/mol. The van der Waals surface area contributed by atoms with E-state index in [2.05, 4.69) is 69.2 Å². The predicted molar refractivity (Wildman–Crippen MR) is 180 cm³/mol. The summed E-state index contributed by atoms with van der Waals surface area (Å²) in [5, 5.41) is 11.7. The SMILES string of the molecule is CC(C)(C)C(=O)Cc1ccc(-n2cccn2)c(C(C)(C)C)c1.CC(C)(C)NC(=O)c1ccc(-n2cccn2)c(C(C)(C)C)c1. The molecule has 236 valence electrons. The van der Waals surface area contributed by atoms with E-state index in [1.807, 2.05) is 99.7 Å². The fraction of sp³-hybridized carbons (Fsp3) is 0.459. The summed E-state index contributed by atoms with van der Waals surface area (Å²) in [4.78, 5) is 24.7. The Morgan fingerprint density at radius 3 is 1.57 bits per heavy atom. The Kier molecular flexibility index (Phi) is 10.1. The van der Waals surface area contributed by atoms with Crippen LogP contribution in [0.1, 0.15) is 110 Å². The summed E-state index contributed by atoms with van der Waals surface area (Å²) in [6, 6.07) is 15.9. The largest absolute Gasteiger partial charge is 0.347 e. The van der Waals surface area contributed by atoms with Crippen molar-refractivity contribution in [2.24, 2.45) is 5.41 Å². The van der Waals surface area contributed by atoms with Crippen LogP contribution in [0.5, 0.6) is 0 Å². The van der Waals surface area contributed by atoms with Crippen LogP contribution < -0.4 is 5.32 Å². The maximum absolute atomic E-state index is 12.4. The second kappa shape index (κ2) is 12.9. The van der Waals surface area contributed by atoms with Gasteiger partial charge in [0.05, 0.1) is 11.4 Å². The molecule has 0 aliphatic rings. The fourth-order valence-corrected chi connectivity index (χ4v) is 4.66. The van der Waals surface area contributed by atoms with E-state index in [0.29, 0.717) is 12.0 Å². The van der Waals surface area contributed by atoms with Crippen LogP contribution in [0, 0.1) is 5.41 Å². The van der Waals surface area contributed by atoms with Gasteiger partial charge in [0.15, 0.2) is 0 Å². The topological polar surface area (TPSA) is 81.8 Å². The third-order valence-corrected chi connectivity index (χ3v) is 7.13. The van der Waals surface area contributed by atoms with Crippen LogP contribution >= 0.6 is 0 Å². The van der Waals surface area contributed by atoms with Gasteiger partial charge in [0.25, 0.3) is 5.91 Å². The molecule has 0 spiro atoms. The molecule has 0 saturated heterocycles.